The monoisotopic (exact) mass is 552 g/mol. The van der Waals surface area contributed by atoms with E-state index < -0.39 is 0 Å². The van der Waals surface area contributed by atoms with Crippen molar-refractivity contribution in [2.45, 2.75) is 0 Å². The normalized spacial score (nSPS) is 11.7. The minimum Gasteiger partial charge on any atom is -0.395 e. The number of hydrogen-bond donors (Lipinski definition) is 2. The van der Waals surface area contributed by atoms with Crippen LogP contribution in [0.3, 0.4) is 0 Å². The molecular weight excluding hydrogens is 530 g/mol. The number of halogens is 2. The molecule has 10 heteroatoms. The first-order chi connectivity index (χ1) is 9.78. The van der Waals surface area contributed by atoms with E-state index in [1.807, 2.05) is 8.61 Å². The topological polar surface area (TPSA) is 65.4 Å². The third kappa shape index (κ3) is 13.6. The third-order valence-corrected chi connectivity index (χ3v) is 6.70. The van der Waals surface area contributed by atoms with E-state index in [1.165, 1.54) is 0 Å². The van der Waals surface area contributed by atoms with Crippen molar-refractivity contribution >= 4 is 60.6 Å². The van der Waals surface area contributed by atoms with E-state index >= 15 is 0 Å². The first-order valence-corrected chi connectivity index (χ1v) is 12.9. The van der Waals surface area contributed by atoms with Crippen LogP contribution in [-0.2, 0) is 9.47 Å². The van der Waals surface area contributed by atoms with Crippen molar-refractivity contribution in [1.82, 2.24) is 8.61 Å². The van der Waals surface area contributed by atoms with Gasteiger partial charge in [-0.25, -0.2) is 8.61 Å². The third-order valence-electron chi connectivity index (χ3n) is 2.24. The number of rotatable bonds is 15. The molecule has 0 unspecified atom stereocenters. The molecule has 0 spiro atoms. The van der Waals surface area contributed by atoms with Gasteiger partial charge in [-0.2, -0.15) is 0 Å². The zero-order chi connectivity index (χ0) is 15.1. The minimum absolute atomic E-state index is 0.165. The van der Waals surface area contributed by atoms with Gasteiger partial charge >= 0.3 is 0 Å². The molecule has 0 heterocycles. The predicted octanol–water partition coefficient (Wildman–Crippen LogP) is 1.60. The summed E-state index contributed by atoms with van der Waals surface area (Å²) in [5.41, 5.74) is 0. The lowest BCUT2D eigenvalue weighted by atomic mass is 10.6. The van der Waals surface area contributed by atoms with Gasteiger partial charge in [0.25, 0.3) is 0 Å². The molecule has 0 aliphatic heterocycles. The lowest BCUT2D eigenvalue weighted by Gasteiger charge is -2.17. The maximum Gasteiger partial charge on any atom is 0.0701 e. The molecule has 0 aromatic rings. The van der Waals surface area contributed by atoms with Gasteiger partial charge in [0.15, 0.2) is 0 Å². The summed E-state index contributed by atoms with van der Waals surface area (Å²) in [4.78, 5) is 0. The molecule has 0 saturated carbocycles. The number of ether oxygens (including phenoxy) is 2. The van der Waals surface area contributed by atoms with Crippen LogP contribution in [0.1, 0.15) is 0 Å². The zero-order valence-electron chi connectivity index (χ0n) is 11.2. The van der Waals surface area contributed by atoms with Crippen LogP contribution in [-0.4, -0.2) is 84.6 Å². The van der Waals surface area contributed by atoms with Crippen molar-refractivity contribution in [1.29, 1.82) is 0 Å². The lowest BCUT2D eigenvalue weighted by Crippen LogP contribution is -2.24. The van der Waals surface area contributed by atoms with Crippen molar-refractivity contribution in [3.63, 3.8) is 0 Å². The van der Waals surface area contributed by atoms with Crippen LogP contribution in [0.5, 0.6) is 0 Å². The summed E-state index contributed by atoms with van der Waals surface area (Å²) in [5.74, 6) is 0. The van der Waals surface area contributed by atoms with E-state index in [0.29, 0.717) is 39.5 Å². The fourth-order valence-electron chi connectivity index (χ4n) is 1.24. The first kappa shape index (κ1) is 21.9. The van der Waals surface area contributed by atoms with Gasteiger partial charge in [0.05, 0.1) is 39.6 Å². The van der Waals surface area contributed by atoms with Gasteiger partial charge in [-0.1, -0.05) is 0 Å². The maximum absolute atomic E-state index is 8.83. The van der Waals surface area contributed by atoms with Crippen LogP contribution in [0.4, 0.5) is 0 Å². The van der Waals surface area contributed by atoms with Crippen molar-refractivity contribution in [3.05, 3.63) is 0 Å². The molecule has 0 atom stereocenters. The van der Waals surface area contributed by atoms with Gasteiger partial charge in [0.1, 0.15) is 0 Å². The molecule has 0 rings (SSSR count). The average Bonchev–Trinajstić information content (AvgIpc) is 2.47. The van der Waals surface area contributed by atoms with Gasteiger partial charge in [0.2, 0.25) is 0 Å². The summed E-state index contributed by atoms with van der Waals surface area (Å²) >= 11 is 4.39. The van der Waals surface area contributed by atoms with Gasteiger partial charge < -0.3 is 19.7 Å². The van der Waals surface area contributed by atoms with Gasteiger partial charge in [-0.05, 0) is 18.2 Å². The van der Waals surface area contributed by atoms with Crippen LogP contribution in [0.15, 0.2) is 0 Å². The predicted molar refractivity (Wildman–Crippen MR) is 102 cm³/mol. The summed E-state index contributed by atoms with van der Waals surface area (Å²) < 4.78 is 15.0. The lowest BCUT2D eigenvalue weighted by molar-refractivity contribution is 0.0415. The number of aliphatic hydroxyl groups is 2. The molecule has 0 bridgehead atoms. The Hall–Kier alpha value is 1.92. The van der Waals surface area contributed by atoms with Crippen LogP contribution >= 0.6 is 60.6 Å². The summed E-state index contributed by atoms with van der Waals surface area (Å²) in [5, 5.41) is 17.7. The molecule has 0 fully saturated rings. The second kappa shape index (κ2) is 17.3. The van der Waals surface area contributed by atoms with Crippen LogP contribution in [0.25, 0.3) is 0 Å². The highest BCUT2D eigenvalue weighted by Gasteiger charge is 2.04. The largest absolute Gasteiger partial charge is 0.395 e. The van der Waals surface area contributed by atoms with Crippen LogP contribution in [0, 0.1) is 0 Å². The molecular formula is C10H22I2N2O4S2. The van der Waals surface area contributed by atoms with E-state index in [9.17, 15) is 0 Å². The fourth-order valence-corrected chi connectivity index (χ4v) is 4.19. The molecule has 20 heavy (non-hydrogen) atoms. The Morgan fingerprint density at radius 3 is 1.40 bits per heavy atom. The standard InChI is InChI=1S/C10H22I2N2O4S2/c11-19-13(1-5-15)3-7-17-9-10-18-8-4-14(20-12)2-6-16/h15-16H,1-10H2. The Morgan fingerprint density at radius 2 is 1.10 bits per heavy atom. The Morgan fingerprint density at radius 1 is 0.700 bits per heavy atom. The molecule has 2 N–H and O–H groups in total. The molecule has 0 saturated heterocycles. The first-order valence-electron chi connectivity index (χ1n) is 6.23. The summed E-state index contributed by atoms with van der Waals surface area (Å²) in [6, 6.07) is 0. The van der Waals surface area contributed by atoms with Crippen molar-refractivity contribution in [2.75, 3.05) is 65.8 Å². The van der Waals surface area contributed by atoms with E-state index in [-0.39, 0.29) is 13.2 Å². The average molecular weight is 552 g/mol. The van der Waals surface area contributed by atoms with Gasteiger partial charge in [-0.3, -0.25) is 0 Å². The number of aliphatic hydroxyl groups excluding tert-OH is 2. The van der Waals surface area contributed by atoms with E-state index in [1.54, 1.807) is 18.2 Å². The summed E-state index contributed by atoms with van der Waals surface area (Å²) in [6.07, 6.45) is 0. The van der Waals surface area contributed by atoms with E-state index in [2.05, 4.69) is 42.4 Å². The molecule has 0 amide bonds. The molecule has 0 aliphatic rings. The zero-order valence-corrected chi connectivity index (χ0v) is 17.2. The highest BCUT2D eigenvalue weighted by Crippen LogP contribution is 2.17. The second-order valence-electron chi connectivity index (χ2n) is 3.67. The van der Waals surface area contributed by atoms with Gasteiger partial charge in [0, 0.05) is 68.6 Å². The molecule has 122 valence electrons. The van der Waals surface area contributed by atoms with Crippen molar-refractivity contribution in [2.24, 2.45) is 0 Å². The summed E-state index contributed by atoms with van der Waals surface area (Å²) in [7, 11) is 3.16. The molecule has 0 radical (unpaired) electrons. The molecule has 0 aromatic heterocycles. The van der Waals surface area contributed by atoms with Crippen molar-refractivity contribution in [3.8, 4) is 0 Å². The van der Waals surface area contributed by atoms with Crippen LogP contribution < -0.4 is 0 Å². The Balaban J connectivity index is 3.31. The highest BCUT2D eigenvalue weighted by molar-refractivity contribution is 14.2. The number of hydrogen-bond acceptors (Lipinski definition) is 8. The fraction of sp³-hybridized carbons (Fsp3) is 1.00. The Kier molecular flexibility index (Phi) is 18.9. The minimum atomic E-state index is 0.165. The molecule has 0 aromatic carbocycles. The maximum atomic E-state index is 8.83. The van der Waals surface area contributed by atoms with Crippen molar-refractivity contribution < 1.29 is 19.7 Å². The SMILES string of the molecule is OCCN(CCOCCOCCN(CCO)SI)SI. The Bertz CT molecular complexity index is 192. The molecule has 0 aliphatic carbocycles. The quantitative estimate of drug-likeness (QED) is 0.181. The number of nitrogens with zero attached hydrogens (tertiary/aromatic N) is 2. The molecule has 6 nitrogen and oxygen atoms in total. The van der Waals surface area contributed by atoms with E-state index in [4.69, 9.17) is 19.7 Å². The summed E-state index contributed by atoms with van der Waals surface area (Å²) in [6.45, 7) is 5.67. The highest BCUT2D eigenvalue weighted by atomic mass is 127. The van der Waals surface area contributed by atoms with Crippen LogP contribution in [0.2, 0.25) is 0 Å². The van der Waals surface area contributed by atoms with Gasteiger partial charge in [-0.15, -0.1) is 0 Å². The smallest absolute Gasteiger partial charge is 0.0701 e. The Labute approximate surface area is 153 Å². The second-order valence-corrected chi connectivity index (χ2v) is 7.34. The van der Waals surface area contributed by atoms with E-state index in [0.717, 1.165) is 13.1 Å².